The molecular weight excluding hydrogens is 296 g/mol. The molecule has 0 bridgehead atoms. The Hall–Kier alpha value is -1.15. The van der Waals surface area contributed by atoms with Crippen molar-refractivity contribution >= 4 is 21.9 Å². The van der Waals surface area contributed by atoms with Crippen molar-refractivity contribution in [2.45, 2.75) is 26.2 Å². The van der Waals surface area contributed by atoms with Gasteiger partial charge in [0.05, 0.1) is 11.7 Å². The Balaban J connectivity index is 1.88. The second-order valence-electron chi connectivity index (χ2n) is 5.68. The fourth-order valence-corrected chi connectivity index (χ4v) is 4.12. The summed E-state index contributed by atoms with van der Waals surface area (Å²) in [4.78, 5) is 24.9. The van der Waals surface area contributed by atoms with Crippen molar-refractivity contribution in [3.05, 3.63) is 0 Å². The van der Waals surface area contributed by atoms with Gasteiger partial charge in [-0.3, -0.25) is 9.59 Å². The van der Waals surface area contributed by atoms with Gasteiger partial charge in [0.15, 0.2) is 0 Å². The lowest BCUT2D eigenvalue weighted by molar-refractivity contribution is -0.141. The molecule has 0 aromatic heterocycles. The maximum atomic E-state index is 12.4. The molecule has 2 rings (SSSR count). The van der Waals surface area contributed by atoms with Crippen LogP contribution in [-0.4, -0.2) is 66.5 Å². The number of hydrogen-bond acceptors (Lipinski definition) is 4. The summed E-state index contributed by atoms with van der Waals surface area (Å²) in [5, 5.41) is 8.96. The molecule has 2 heterocycles. The zero-order valence-corrected chi connectivity index (χ0v) is 13.0. The van der Waals surface area contributed by atoms with E-state index < -0.39 is 21.9 Å². The molecule has 0 radical (unpaired) electrons. The van der Waals surface area contributed by atoms with Gasteiger partial charge >= 0.3 is 5.97 Å². The maximum absolute atomic E-state index is 12.4. The van der Waals surface area contributed by atoms with E-state index in [-0.39, 0.29) is 24.1 Å². The van der Waals surface area contributed by atoms with Crippen LogP contribution in [0.2, 0.25) is 0 Å². The molecule has 1 amide bonds. The van der Waals surface area contributed by atoms with Crippen LogP contribution >= 0.6 is 0 Å². The number of carbonyl (C=O) groups excluding carboxylic acids is 1. The van der Waals surface area contributed by atoms with E-state index in [0.717, 1.165) is 0 Å². The average molecular weight is 318 g/mol. The number of carboxylic acid groups (broad SMARTS) is 1. The fraction of sp³-hybridized carbons (Fsp3) is 0.846. The summed E-state index contributed by atoms with van der Waals surface area (Å²) in [5.41, 5.74) is 0. The van der Waals surface area contributed by atoms with Crippen molar-refractivity contribution < 1.29 is 23.1 Å². The van der Waals surface area contributed by atoms with Gasteiger partial charge in [-0.05, 0) is 26.2 Å². The summed E-state index contributed by atoms with van der Waals surface area (Å²) in [6, 6.07) is 0. The molecule has 21 heavy (non-hydrogen) atoms. The molecule has 0 spiro atoms. The van der Waals surface area contributed by atoms with Gasteiger partial charge in [-0.25, -0.2) is 12.7 Å². The van der Waals surface area contributed by atoms with E-state index in [0.29, 0.717) is 38.9 Å². The molecule has 0 aromatic rings. The van der Waals surface area contributed by atoms with Crippen LogP contribution in [0.5, 0.6) is 0 Å². The minimum Gasteiger partial charge on any atom is -0.481 e. The zero-order chi connectivity index (χ0) is 15.6. The second-order valence-corrected chi connectivity index (χ2v) is 7.94. The number of carboxylic acids is 1. The van der Waals surface area contributed by atoms with E-state index >= 15 is 0 Å². The van der Waals surface area contributed by atoms with Gasteiger partial charge in [-0.2, -0.15) is 0 Å². The van der Waals surface area contributed by atoms with Gasteiger partial charge in [0.25, 0.3) is 0 Å². The van der Waals surface area contributed by atoms with E-state index in [9.17, 15) is 18.0 Å². The highest BCUT2D eigenvalue weighted by Crippen LogP contribution is 2.25. The topological polar surface area (TPSA) is 95.0 Å². The number of sulfonamides is 1. The van der Waals surface area contributed by atoms with Crippen molar-refractivity contribution in [2.24, 2.45) is 11.8 Å². The summed E-state index contributed by atoms with van der Waals surface area (Å²) < 4.78 is 25.0. The molecule has 2 aliphatic heterocycles. The Morgan fingerprint density at radius 1 is 1.10 bits per heavy atom. The monoisotopic (exact) mass is 318 g/mol. The number of hydrogen-bond donors (Lipinski definition) is 1. The molecule has 0 aliphatic carbocycles. The number of piperidine rings is 1. The normalized spacial score (nSPS) is 25.2. The number of carbonyl (C=O) groups is 2. The third-order valence-electron chi connectivity index (χ3n) is 4.41. The van der Waals surface area contributed by atoms with Crippen molar-refractivity contribution in [3.8, 4) is 0 Å². The fourth-order valence-electron chi connectivity index (χ4n) is 2.98. The molecule has 7 nitrogen and oxygen atoms in total. The highest BCUT2D eigenvalue weighted by Gasteiger charge is 2.36. The number of aliphatic carboxylic acids is 1. The summed E-state index contributed by atoms with van der Waals surface area (Å²) in [6.07, 6.45) is 1.54. The average Bonchev–Trinajstić information content (AvgIpc) is 2.96. The summed E-state index contributed by atoms with van der Waals surface area (Å²) >= 11 is 0. The van der Waals surface area contributed by atoms with Gasteiger partial charge < -0.3 is 10.0 Å². The van der Waals surface area contributed by atoms with Crippen LogP contribution in [0.3, 0.4) is 0 Å². The number of rotatable bonds is 4. The zero-order valence-electron chi connectivity index (χ0n) is 12.2. The Morgan fingerprint density at radius 3 is 2.14 bits per heavy atom. The van der Waals surface area contributed by atoms with Crippen LogP contribution < -0.4 is 0 Å². The van der Waals surface area contributed by atoms with Crippen LogP contribution in [0.4, 0.5) is 0 Å². The summed E-state index contributed by atoms with van der Waals surface area (Å²) in [6.45, 7) is 3.14. The van der Waals surface area contributed by atoms with E-state index in [1.54, 1.807) is 11.8 Å². The second kappa shape index (κ2) is 6.31. The van der Waals surface area contributed by atoms with E-state index in [1.807, 2.05) is 0 Å². The first-order valence-electron chi connectivity index (χ1n) is 7.34. The first kappa shape index (κ1) is 16.2. The van der Waals surface area contributed by atoms with Crippen molar-refractivity contribution in [1.29, 1.82) is 0 Å². The van der Waals surface area contributed by atoms with Gasteiger partial charge in [0.1, 0.15) is 0 Å². The minimum absolute atomic E-state index is 0.0210. The predicted octanol–water partition coefficient (Wildman–Crippen LogP) is -0.0188. The first-order valence-corrected chi connectivity index (χ1v) is 8.95. The third-order valence-corrected chi connectivity index (χ3v) is 6.29. The molecule has 0 saturated carbocycles. The van der Waals surface area contributed by atoms with Gasteiger partial charge in [0, 0.05) is 32.1 Å². The van der Waals surface area contributed by atoms with Gasteiger partial charge in [-0.1, -0.05) is 0 Å². The molecule has 1 N–H and O–H groups in total. The molecule has 8 heteroatoms. The molecule has 0 aromatic carbocycles. The standard InChI is InChI=1S/C13H22N2O5S/c1-2-21(19,20)15-7-4-10(5-8-15)12(16)14-6-3-11(9-14)13(17)18/h10-11H,2-9H2,1H3,(H,17,18). The summed E-state index contributed by atoms with van der Waals surface area (Å²) in [5.74, 6) is -1.44. The Kier molecular flexibility index (Phi) is 4.88. The molecule has 1 atom stereocenters. The minimum atomic E-state index is -3.18. The third kappa shape index (κ3) is 3.55. The summed E-state index contributed by atoms with van der Waals surface area (Å²) in [7, 11) is -3.18. The van der Waals surface area contributed by atoms with Crippen LogP contribution in [0, 0.1) is 11.8 Å². The number of amides is 1. The van der Waals surface area contributed by atoms with Crippen LogP contribution in [-0.2, 0) is 19.6 Å². The quantitative estimate of drug-likeness (QED) is 0.786. The Labute approximate surface area is 125 Å². The van der Waals surface area contributed by atoms with Crippen LogP contribution in [0.25, 0.3) is 0 Å². The smallest absolute Gasteiger partial charge is 0.308 e. The van der Waals surface area contributed by atoms with E-state index in [4.69, 9.17) is 5.11 Å². The SMILES string of the molecule is CCS(=O)(=O)N1CCC(C(=O)N2CCC(C(=O)O)C2)CC1. The van der Waals surface area contributed by atoms with Crippen molar-refractivity contribution in [1.82, 2.24) is 9.21 Å². The highest BCUT2D eigenvalue weighted by molar-refractivity contribution is 7.89. The van der Waals surface area contributed by atoms with Gasteiger partial charge in [-0.15, -0.1) is 0 Å². The van der Waals surface area contributed by atoms with Crippen LogP contribution in [0.1, 0.15) is 26.2 Å². The molecule has 2 saturated heterocycles. The highest BCUT2D eigenvalue weighted by atomic mass is 32.2. The Bertz CT molecular complexity index is 511. The number of nitrogens with zero attached hydrogens (tertiary/aromatic N) is 2. The molecule has 1 unspecified atom stereocenters. The first-order chi connectivity index (χ1) is 9.85. The lowest BCUT2D eigenvalue weighted by Gasteiger charge is -2.32. The van der Waals surface area contributed by atoms with Crippen molar-refractivity contribution in [3.63, 3.8) is 0 Å². The molecule has 120 valence electrons. The molecule has 2 aliphatic rings. The lowest BCUT2D eigenvalue weighted by atomic mass is 9.96. The Morgan fingerprint density at radius 2 is 1.67 bits per heavy atom. The van der Waals surface area contributed by atoms with Crippen LogP contribution in [0.15, 0.2) is 0 Å². The van der Waals surface area contributed by atoms with Gasteiger partial charge in [0.2, 0.25) is 15.9 Å². The largest absolute Gasteiger partial charge is 0.481 e. The van der Waals surface area contributed by atoms with E-state index in [2.05, 4.69) is 0 Å². The maximum Gasteiger partial charge on any atom is 0.308 e. The van der Waals surface area contributed by atoms with Crippen molar-refractivity contribution in [2.75, 3.05) is 31.9 Å². The lowest BCUT2D eigenvalue weighted by Crippen LogP contribution is -2.44. The molecule has 2 fully saturated rings. The number of likely N-dealkylation sites (tertiary alicyclic amines) is 1. The predicted molar refractivity (Wildman–Crippen MR) is 76.1 cm³/mol. The van der Waals surface area contributed by atoms with E-state index in [1.165, 1.54) is 4.31 Å². The molecular formula is C13H22N2O5S.